The molecule has 1 aromatic carbocycles. The Labute approximate surface area is 121 Å². The van der Waals surface area contributed by atoms with Crippen LogP contribution >= 0.6 is 0 Å². The average Bonchev–Trinajstić information content (AvgIpc) is 2.41. The van der Waals surface area contributed by atoms with Crippen LogP contribution in [0.4, 0.5) is 0 Å². The zero-order chi connectivity index (χ0) is 14.6. The SMILES string of the molecule is CC(C)(O)C#C[C@@H](c1ccccc1O)N1CCCCC1. The lowest BCUT2D eigenvalue weighted by Crippen LogP contribution is -2.33. The van der Waals surface area contributed by atoms with Gasteiger partial charge in [-0.2, -0.15) is 0 Å². The Balaban J connectivity index is 2.32. The standard InChI is InChI=1S/C17H23NO2/c1-17(2,20)11-10-15(18-12-6-3-7-13-18)14-8-4-5-9-16(14)19/h4-5,8-9,15,19-20H,3,6-7,12-13H2,1-2H3/t15-/m0/s1. The Bertz CT molecular complexity index is 502. The molecule has 3 heteroatoms. The summed E-state index contributed by atoms with van der Waals surface area (Å²) in [6, 6.07) is 7.18. The highest BCUT2D eigenvalue weighted by molar-refractivity contribution is 5.39. The molecule has 108 valence electrons. The number of para-hydroxylation sites is 1. The van der Waals surface area contributed by atoms with Crippen molar-refractivity contribution in [3.05, 3.63) is 29.8 Å². The van der Waals surface area contributed by atoms with E-state index in [-0.39, 0.29) is 11.8 Å². The maximum atomic E-state index is 10.1. The van der Waals surface area contributed by atoms with E-state index in [0.717, 1.165) is 31.5 Å². The summed E-state index contributed by atoms with van der Waals surface area (Å²) in [5.74, 6) is 6.32. The second kappa shape index (κ2) is 6.30. The van der Waals surface area contributed by atoms with Crippen molar-refractivity contribution in [2.24, 2.45) is 0 Å². The molecule has 2 rings (SSSR count). The number of piperidine rings is 1. The van der Waals surface area contributed by atoms with Crippen molar-refractivity contribution in [3.63, 3.8) is 0 Å². The highest BCUT2D eigenvalue weighted by atomic mass is 16.3. The number of hydrogen-bond acceptors (Lipinski definition) is 3. The molecule has 1 heterocycles. The fourth-order valence-electron chi connectivity index (χ4n) is 2.51. The van der Waals surface area contributed by atoms with Gasteiger partial charge in [-0.1, -0.05) is 36.5 Å². The van der Waals surface area contributed by atoms with Crippen molar-refractivity contribution in [1.29, 1.82) is 0 Å². The largest absolute Gasteiger partial charge is 0.508 e. The first-order valence-corrected chi connectivity index (χ1v) is 7.24. The van der Waals surface area contributed by atoms with Gasteiger partial charge in [-0.05, 0) is 45.8 Å². The van der Waals surface area contributed by atoms with Crippen LogP contribution in [0.1, 0.15) is 44.7 Å². The van der Waals surface area contributed by atoms with Crippen LogP contribution in [-0.2, 0) is 0 Å². The third-order valence-electron chi connectivity index (χ3n) is 3.50. The van der Waals surface area contributed by atoms with E-state index in [4.69, 9.17) is 0 Å². The van der Waals surface area contributed by atoms with Crippen molar-refractivity contribution in [3.8, 4) is 17.6 Å². The third kappa shape index (κ3) is 4.00. The molecule has 20 heavy (non-hydrogen) atoms. The molecule has 0 spiro atoms. The van der Waals surface area contributed by atoms with E-state index in [1.54, 1.807) is 19.9 Å². The van der Waals surface area contributed by atoms with Gasteiger partial charge in [-0.15, -0.1) is 0 Å². The molecule has 1 atom stereocenters. The molecule has 0 radical (unpaired) electrons. The fraction of sp³-hybridized carbons (Fsp3) is 0.529. The number of phenolic OH excluding ortho intramolecular Hbond substituents is 1. The highest BCUT2D eigenvalue weighted by Gasteiger charge is 2.23. The van der Waals surface area contributed by atoms with Gasteiger partial charge in [0.2, 0.25) is 0 Å². The van der Waals surface area contributed by atoms with Crippen LogP contribution in [-0.4, -0.2) is 33.8 Å². The number of aromatic hydroxyl groups is 1. The second-order valence-corrected chi connectivity index (χ2v) is 5.89. The maximum Gasteiger partial charge on any atom is 0.121 e. The maximum absolute atomic E-state index is 10.1. The second-order valence-electron chi connectivity index (χ2n) is 5.89. The monoisotopic (exact) mass is 273 g/mol. The van der Waals surface area contributed by atoms with Crippen molar-refractivity contribution in [1.82, 2.24) is 4.90 Å². The van der Waals surface area contributed by atoms with E-state index in [0.29, 0.717) is 0 Å². The van der Waals surface area contributed by atoms with E-state index in [2.05, 4.69) is 16.7 Å². The van der Waals surface area contributed by atoms with E-state index < -0.39 is 5.60 Å². The summed E-state index contributed by atoms with van der Waals surface area (Å²) >= 11 is 0. The van der Waals surface area contributed by atoms with E-state index in [9.17, 15) is 10.2 Å². The molecule has 1 aliphatic heterocycles. The minimum Gasteiger partial charge on any atom is -0.508 e. The minimum absolute atomic E-state index is 0.150. The van der Waals surface area contributed by atoms with Gasteiger partial charge in [0.05, 0.1) is 0 Å². The molecule has 0 saturated carbocycles. The Morgan fingerprint density at radius 3 is 2.40 bits per heavy atom. The van der Waals surface area contributed by atoms with Crippen LogP contribution in [0, 0.1) is 11.8 Å². The van der Waals surface area contributed by atoms with Gasteiger partial charge in [0.1, 0.15) is 17.4 Å². The molecule has 1 aliphatic rings. The first-order chi connectivity index (χ1) is 9.47. The lowest BCUT2D eigenvalue weighted by Gasteiger charge is -2.32. The Kier molecular flexibility index (Phi) is 4.69. The van der Waals surface area contributed by atoms with E-state index in [1.165, 1.54) is 6.42 Å². The van der Waals surface area contributed by atoms with Gasteiger partial charge in [0, 0.05) is 5.56 Å². The predicted octanol–water partition coefficient (Wildman–Crippen LogP) is 2.69. The summed E-state index contributed by atoms with van der Waals surface area (Å²) in [4.78, 5) is 2.29. The summed E-state index contributed by atoms with van der Waals surface area (Å²) in [5.41, 5.74) is -0.190. The lowest BCUT2D eigenvalue weighted by molar-refractivity contribution is 0.142. The zero-order valence-corrected chi connectivity index (χ0v) is 12.3. The predicted molar refractivity (Wildman–Crippen MR) is 80.3 cm³/mol. The molecule has 3 nitrogen and oxygen atoms in total. The molecular formula is C17H23NO2. The van der Waals surface area contributed by atoms with Gasteiger partial charge in [-0.25, -0.2) is 0 Å². The minimum atomic E-state index is -1.02. The first-order valence-electron chi connectivity index (χ1n) is 7.24. The van der Waals surface area contributed by atoms with Gasteiger partial charge in [0.25, 0.3) is 0 Å². The summed E-state index contributed by atoms with van der Waals surface area (Å²) in [5, 5.41) is 19.9. The molecule has 1 fully saturated rings. The molecular weight excluding hydrogens is 250 g/mol. The van der Waals surface area contributed by atoms with Gasteiger partial charge < -0.3 is 10.2 Å². The number of phenols is 1. The normalized spacial score (nSPS) is 18.1. The average molecular weight is 273 g/mol. The number of aliphatic hydroxyl groups is 1. The summed E-state index contributed by atoms with van der Waals surface area (Å²) in [6.07, 6.45) is 3.57. The van der Waals surface area contributed by atoms with Crippen LogP contribution in [0.3, 0.4) is 0 Å². The van der Waals surface area contributed by atoms with E-state index in [1.807, 2.05) is 18.2 Å². The molecule has 0 amide bonds. The Morgan fingerprint density at radius 2 is 1.80 bits per heavy atom. The first kappa shape index (κ1) is 14.9. The summed E-state index contributed by atoms with van der Waals surface area (Å²) in [7, 11) is 0. The molecule has 0 aliphatic carbocycles. The number of rotatable bonds is 2. The van der Waals surface area contributed by atoms with Crippen molar-refractivity contribution < 1.29 is 10.2 Å². The zero-order valence-electron chi connectivity index (χ0n) is 12.3. The summed E-state index contributed by atoms with van der Waals surface area (Å²) in [6.45, 7) is 5.33. The number of likely N-dealkylation sites (tertiary alicyclic amines) is 1. The van der Waals surface area contributed by atoms with E-state index >= 15 is 0 Å². The fourth-order valence-corrected chi connectivity index (χ4v) is 2.51. The quantitative estimate of drug-likeness (QED) is 0.814. The van der Waals surface area contributed by atoms with Crippen LogP contribution in [0.25, 0.3) is 0 Å². The summed E-state index contributed by atoms with van der Waals surface area (Å²) < 4.78 is 0. The van der Waals surface area contributed by atoms with Crippen LogP contribution < -0.4 is 0 Å². The molecule has 0 aromatic heterocycles. The number of benzene rings is 1. The van der Waals surface area contributed by atoms with Gasteiger partial charge >= 0.3 is 0 Å². The van der Waals surface area contributed by atoms with Crippen molar-refractivity contribution in [2.75, 3.05) is 13.1 Å². The molecule has 0 bridgehead atoms. The van der Waals surface area contributed by atoms with Crippen molar-refractivity contribution in [2.45, 2.75) is 44.8 Å². The topological polar surface area (TPSA) is 43.7 Å². The lowest BCUT2D eigenvalue weighted by atomic mass is 10.00. The smallest absolute Gasteiger partial charge is 0.121 e. The Morgan fingerprint density at radius 1 is 1.15 bits per heavy atom. The number of hydrogen-bond donors (Lipinski definition) is 2. The molecule has 1 saturated heterocycles. The third-order valence-corrected chi connectivity index (χ3v) is 3.50. The molecule has 2 N–H and O–H groups in total. The van der Waals surface area contributed by atoms with Crippen LogP contribution in [0.2, 0.25) is 0 Å². The number of nitrogens with zero attached hydrogens (tertiary/aromatic N) is 1. The van der Waals surface area contributed by atoms with Crippen molar-refractivity contribution >= 4 is 0 Å². The molecule has 0 unspecified atom stereocenters. The highest BCUT2D eigenvalue weighted by Crippen LogP contribution is 2.30. The molecule has 1 aromatic rings. The van der Waals surface area contributed by atoms with Crippen LogP contribution in [0.15, 0.2) is 24.3 Å². The van der Waals surface area contributed by atoms with Crippen LogP contribution in [0.5, 0.6) is 5.75 Å². The Hall–Kier alpha value is -1.50. The van der Waals surface area contributed by atoms with Gasteiger partial charge in [-0.3, -0.25) is 4.90 Å². The van der Waals surface area contributed by atoms with Gasteiger partial charge in [0.15, 0.2) is 0 Å².